The van der Waals surface area contributed by atoms with Crippen LogP contribution >= 0.6 is 0 Å². The molecule has 0 radical (unpaired) electrons. The topological polar surface area (TPSA) is 85.3 Å². The Bertz CT molecular complexity index is 1030. The van der Waals surface area contributed by atoms with Crippen LogP contribution in [0.4, 0.5) is 14.9 Å². The first-order valence-electron chi connectivity index (χ1n) is 9.84. The third-order valence-corrected chi connectivity index (χ3v) is 5.37. The second-order valence-electron chi connectivity index (χ2n) is 7.64. The molecule has 0 bridgehead atoms. The lowest BCUT2D eigenvalue weighted by Crippen LogP contribution is -2.41. The molecule has 160 valence electrons. The van der Waals surface area contributed by atoms with Gasteiger partial charge in [-0.05, 0) is 35.4 Å². The molecule has 9 heteroatoms. The number of anilines is 1. The lowest BCUT2D eigenvalue weighted by atomic mass is 9.98. The van der Waals surface area contributed by atoms with E-state index in [9.17, 15) is 18.8 Å². The van der Waals surface area contributed by atoms with Crippen LogP contribution < -0.4 is 10.2 Å². The van der Waals surface area contributed by atoms with E-state index in [0.717, 1.165) is 16.2 Å². The van der Waals surface area contributed by atoms with Crippen molar-refractivity contribution in [1.82, 2.24) is 15.2 Å². The zero-order valence-electron chi connectivity index (χ0n) is 17.2. The molecule has 4 rings (SSSR count). The highest BCUT2D eigenvalue weighted by Gasteiger charge is 2.37. The van der Waals surface area contributed by atoms with E-state index < -0.39 is 30.4 Å². The van der Waals surface area contributed by atoms with Crippen LogP contribution in [0.25, 0.3) is 0 Å². The summed E-state index contributed by atoms with van der Waals surface area (Å²) in [6.45, 7) is -0.511. The minimum absolute atomic E-state index is 0.119. The van der Waals surface area contributed by atoms with E-state index in [0.29, 0.717) is 17.7 Å². The number of halogens is 1. The molecule has 1 fully saturated rings. The van der Waals surface area contributed by atoms with Crippen molar-refractivity contribution < 1.29 is 18.8 Å². The number of benzene rings is 2. The maximum Gasteiger partial charge on any atom is 0.325 e. The van der Waals surface area contributed by atoms with Gasteiger partial charge in [0.05, 0.1) is 18.3 Å². The number of urea groups is 1. The second-order valence-corrected chi connectivity index (χ2v) is 7.64. The largest absolute Gasteiger partial charge is 0.378 e. The van der Waals surface area contributed by atoms with E-state index in [2.05, 4.69) is 10.4 Å². The van der Waals surface area contributed by atoms with Crippen LogP contribution in [0.2, 0.25) is 0 Å². The van der Waals surface area contributed by atoms with Gasteiger partial charge in [0, 0.05) is 26.2 Å². The average Bonchev–Trinajstić information content (AvgIpc) is 3.34. The number of nitrogens with zero attached hydrogens (tertiary/aromatic N) is 4. The van der Waals surface area contributed by atoms with Gasteiger partial charge in [0.1, 0.15) is 12.4 Å². The van der Waals surface area contributed by atoms with Crippen molar-refractivity contribution in [2.24, 2.45) is 5.10 Å². The zero-order valence-corrected chi connectivity index (χ0v) is 17.2. The summed E-state index contributed by atoms with van der Waals surface area (Å²) in [5, 5.41) is 8.22. The first kappa shape index (κ1) is 20.5. The van der Waals surface area contributed by atoms with Crippen molar-refractivity contribution in [1.29, 1.82) is 0 Å². The standard InChI is InChI=1S/C22H22FN5O3/c1-26(2)17-9-5-15(6-10-17)19-11-18(14-3-7-16(23)8-4-14)25-28(19)21(30)13-27-20(29)12-24-22(27)31/h3-10,19H,11-13H2,1-2H3,(H,24,31). The van der Waals surface area contributed by atoms with Gasteiger partial charge < -0.3 is 10.2 Å². The molecule has 2 heterocycles. The molecule has 0 aliphatic carbocycles. The second kappa shape index (κ2) is 8.17. The Kier molecular flexibility index (Phi) is 5.41. The van der Waals surface area contributed by atoms with Gasteiger partial charge in [0.25, 0.3) is 11.8 Å². The molecule has 2 aliphatic heterocycles. The average molecular weight is 423 g/mol. The molecule has 1 N–H and O–H groups in total. The number of hydrogen-bond acceptors (Lipinski definition) is 5. The van der Waals surface area contributed by atoms with Crippen LogP contribution in [0.3, 0.4) is 0 Å². The van der Waals surface area contributed by atoms with E-state index in [1.807, 2.05) is 43.3 Å². The summed E-state index contributed by atoms with van der Waals surface area (Å²) in [7, 11) is 3.88. The summed E-state index contributed by atoms with van der Waals surface area (Å²) in [4.78, 5) is 39.7. The maximum absolute atomic E-state index is 13.3. The Labute approximate surface area is 178 Å². The van der Waals surface area contributed by atoms with E-state index in [1.54, 1.807) is 12.1 Å². The predicted molar refractivity (Wildman–Crippen MR) is 113 cm³/mol. The van der Waals surface area contributed by atoms with E-state index >= 15 is 0 Å². The summed E-state index contributed by atoms with van der Waals surface area (Å²) >= 11 is 0. The van der Waals surface area contributed by atoms with Crippen LogP contribution in [0.1, 0.15) is 23.6 Å². The minimum Gasteiger partial charge on any atom is -0.378 e. The molecule has 1 saturated heterocycles. The maximum atomic E-state index is 13.3. The Morgan fingerprint density at radius 3 is 2.39 bits per heavy atom. The summed E-state index contributed by atoms with van der Waals surface area (Å²) in [6.07, 6.45) is 0.429. The molecule has 1 unspecified atom stereocenters. The first-order chi connectivity index (χ1) is 14.8. The van der Waals surface area contributed by atoms with Crippen molar-refractivity contribution in [3.63, 3.8) is 0 Å². The first-order valence-corrected chi connectivity index (χ1v) is 9.84. The third kappa shape index (κ3) is 4.11. The van der Waals surface area contributed by atoms with Crippen LogP contribution in [0.15, 0.2) is 53.6 Å². The van der Waals surface area contributed by atoms with Gasteiger partial charge in [-0.15, -0.1) is 0 Å². The van der Waals surface area contributed by atoms with E-state index in [1.165, 1.54) is 17.1 Å². The number of hydrogen-bond donors (Lipinski definition) is 1. The Balaban J connectivity index is 1.63. The number of hydrazone groups is 1. The Morgan fingerprint density at radius 2 is 1.81 bits per heavy atom. The number of rotatable bonds is 5. The normalized spacial score (nSPS) is 18.3. The van der Waals surface area contributed by atoms with Gasteiger partial charge in [-0.3, -0.25) is 14.5 Å². The van der Waals surface area contributed by atoms with Gasteiger partial charge >= 0.3 is 6.03 Å². The zero-order chi connectivity index (χ0) is 22.1. The highest BCUT2D eigenvalue weighted by atomic mass is 19.1. The fourth-order valence-electron chi connectivity index (χ4n) is 3.63. The number of nitrogens with one attached hydrogen (secondary N) is 1. The highest BCUT2D eigenvalue weighted by molar-refractivity contribution is 6.06. The molecule has 0 saturated carbocycles. The van der Waals surface area contributed by atoms with Crippen molar-refractivity contribution in [3.05, 3.63) is 65.5 Å². The van der Waals surface area contributed by atoms with Crippen molar-refractivity contribution in [2.45, 2.75) is 12.5 Å². The number of carbonyl (C=O) groups excluding carboxylic acids is 3. The third-order valence-electron chi connectivity index (χ3n) is 5.37. The molecular formula is C22H22FN5O3. The van der Waals surface area contributed by atoms with Crippen LogP contribution in [-0.2, 0) is 9.59 Å². The summed E-state index contributed by atoms with van der Waals surface area (Å²) < 4.78 is 13.3. The summed E-state index contributed by atoms with van der Waals surface area (Å²) in [6, 6.07) is 12.7. The summed E-state index contributed by atoms with van der Waals surface area (Å²) in [5.41, 5.74) is 3.23. The highest BCUT2D eigenvalue weighted by Crippen LogP contribution is 2.33. The fourth-order valence-corrected chi connectivity index (χ4v) is 3.63. The molecular weight excluding hydrogens is 401 g/mol. The van der Waals surface area contributed by atoms with Crippen LogP contribution in [0.5, 0.6) is 0 Å². The van der Waals surface area contributed by atoms with Crippen molar-refractivity contribution in [3.8, 4) is 0 Å². The molecule has 2 aliphatic rings. The lowest BCUT2D eigenvalue weighted by Gasteiger charge is -2.24. The van der Waals surface area contributed by atoms with Gasteiger partial charge in [-0.25, -0.2) is 14.2 Å². The predicted octanol–water partition coefficient (Wildman–Crippen LogP) is 2.12. The molecule has 2 aromatic carbocycles. The molecule has 2 aromatic rings. The Hall–Kier alpha value is -3.75. The quantitative estimate of drug-likeness (QED) is 0.747. The van der Waals surface area contributed by atoms with Crippen molar-refractivity contribution >= 4 is 29.2 Å². The van der Waals surface area contributed by atoms with Gasteiger partial charge in [-0.2, -0.15) is 5.10 Å². The molecule has 31 heavy (non-hydrogen) atoms. The number of carbonyl (C=O) groups is 3. The molecule has 4 amide bonds. The number of imide groups is 1. The fraction of sp³-hybridized carbons (Fsp3) is 0.273. The molecule has 0 spiro atoms. The smallest absolute Gasteiger partial charge is 0.325 e. The van der Waals surface area contributed by atoms with Crippen LogP contribution in [-0.4, -0.2) is 60.7 Å². The summed E-state index contributed by atoms with van der Waals surface area (Å²) in [5.74, 6) is -1.28. The van der Waals surface area contributed by atoms with Crippen molar-refractivity contribution in [2.75, 3.05) is 32.1 Å². The molecule has 0 aromatic heterocycles. The molecule has 8 nitrogen and oxygen atoms in total. The van der Waals surface area contributed by atoms with E-state index in [4.69, 9.17) is 0 Å². The molecule has 1 atom stereocenters. The Morgan fingerprint density at radius 1 is 1.13 bits per heavy atom. The monoisotopic (exact) mass is 423 g/mol. The van der Waals surface area contributed by atoms with Crippen LogP contribution in [0, 0.1) is 5.82 Å². The van der Waals surface area contributed by atoms with Gasteiger partial charge in [-0.1, -0.05) is 24.3 Å². The number of amides is 4. The minimum atomic E-state index is -0.591. The van der Waals surface area contributed by atoms with Gasteiger partial charge in [0.15, 0.2) is 0 Å². The lowest BCUT2D eigenvalue weighted by molar-refractivity contribution is -0.137. The SMILES string of the molecule is CN(C)c1ccc(C2CC(c3ccc(F)cc3)=NN2C(=O)CN2C(=O)CNC2=O)cc1. The van der Waals surface area contributed by atoms with E-state index in [-0.39, 0.29) is 12.4 Å². The van der Waals surface area contributed by atoms with Gasteiger partial charge in [0.2, 0.25) is 0 Å².